The maximum Gasteiger partial charge on any atom is 0.414 e. The van der Waals surface area contributed by atoms with E-state index in [-0.39, 0.29) is 17.3 Å². The van der Waals surface area contributed by atoms with Crippen LogP contribution in [0.1, 0.15) is 6.92 Å². The number of hydrogen-bond acceptors (Lipinski definition) is 5. The van der Waals surface area contributed by atoms with Crippen molar-refractivity contribution in [2.75, 3.05) is 18.6 Å². The maximum atomic E-state index is 11.5. The van der Waals surface area contributed by atoms with E-state index in [1.165, 1.54) is 19.3 Å². The van der Waals surface area contributed by atoms with E-state index in [4.69, 9.17) is 16.3 Å². The summed E-state index contributed by atoms with van der Waals surface area (Å²) in [5.74, 6) is -0.493. The topological polar surface area (TPSA) is 85.6 Å². The molecule has 0 aliphatic heterocycles. The van der Waals surface area contributed by atoms with Gasteiger partial charge in [0.2, 0.25) is 0 Å². The molecule has 1 heterocycles. The number of hydrogen-bond donors (Lipinski definition) is 0. The number of carbonyl (C=O) groups is 1. The molecule has 0 spiro atoms. The summed E-state index contributed by atoms with van der Waals surface area (Å²) in [7, 11) is 1.33. The fourth-order valence-corrected chi connectivity index (χ4v) is 1.44. The van der Waals surface area contributed by atoms with Crippen LogP contribution in [0.5, 0.6) is 0 Å². The molecule has 0 saturated carbocycles. The van der Waals surface area contributed by atoms with Gasteiger partial charge in [0.25, 0.3) is 0 Å². The van der Waals surface area contributed by atoms with E-state index in [1.807, 2.05) is 0 Å². The molecule has 1 rings (SSSR count). The standard InChI is InChI=1S/C9H10ClN3O4/c1-3-17-9(14)12(2)7-6(10)4-5-11-8(7)13(15)16/h4-5H,3H2,1-2H3. The normalized spacial score (nSPS) is 9.82. The zero-order chi connectivity index (χ0) is 13.0. The van der Waals surface area contributed by atoms with E-state index in [1.54, 1.807) is 6.92 Å². The molecule has 7 nitrogen and oxygen atoms in total. The van der Waals surface area contributed by atoms with Crippen LogP contribution < -0.4 is 4.90 Å². The first kappa shape index (κ1) is 13.2. The molecule has 0 aromatic carbocycles. The van der Waals surface area contributed by atoms with Gasteiger partial charge in [-0.3, -0.25) is 4.90 Å². The molecule has 1 aromatic heterocycles. The summed E-state index contributed by atoms with van der Waals surface area (Å²) in [4.78, 5) is 26.0. The first-order chi connectivity index (χ1) is 7.99. The van der Waals surface area contributed by atoms with Crippen molar-refractivity contribution in [2.24, 2.45) is 0 Å². The van der Waals surface area contributed by atoms with Crippen LogP contribution in [0.3, 0.4) is 0 Å². The number of anilines is 1. The molecular weight excluding hydrogens is 250 g/mol. The molecular formula is C9H10ClN3O4. The highest BCUT2D eigenvalue weighted by Crippen LogP contribution is 2.32. The minimum absolute atomic E-state index is 0.0576. The van der Waals surface area contributed by atoms with Crippen LogP contribution in [0.25, 0.3) is 0 Å². The Bertz CT molecular complexity index is 452. The molecule has 0 radical (unpaired) electrons. The molecule has 17 heavy (non-hydrogen) atoms. The molecule has 0 aliphatic carbocycles. The number of nitro groups is 1. The van der Waals surface area contributed by atoms with Gasteiger partial charge in [-0.05, 0) is 16.8 Å². The fourth-order valence-electron chi connectivity index (χ4n) is 1.18. The van der Waals surface area contributed by atoms with Gasteiger partial charge in [-0.15, -0.1) is 0 Å². The third kappa shape index (κ3) is 2.82. The molecule has 8 heteroatoms. The second-order valence-electron chi connectivity index (χ2n) is 2.98. The summed E-state index contributed by atoms with van der Waals surface area (Å²) in [5, 5.41) is 10.8. The van der Waals surface area contributed by atoms with Crippen molar-refractivity contribution in [1.82, 2.24) is 4.98 Å². The highest BCUT2D eigenvalue weighted by molar-refractivity contribution is 6.34. The Kier molecular flexibility index (Phi) is 4.22. The Balaban J connectivity index is 3.20. The third-order valence-corrected chi connectivity index (χ3v) is 2.21. The van der Waals surface area contributed by atoms with Crippen LogP contribution in [-0.2, 0) is 4.74 Å². The van der Waals surface area contributed by atoms with Gasteiger partial charge in [0.05, 0.1) is 11.6 Å². The Hall–Kier alpha value is -1.89. The number of rotatable bonds is 3. The lowest BCUT2D eigenvalue weighted by Gasteiger charge is -2.16. The predicted octanol–water partition coefficient (Wildman–Crippen LogP) is 2.24. The number of pyridine rings is 1. The Morgan fingerprint density at radius 2 is 2.35 bits per heavy atom. The first-order valence-electron chi connectivity index (χ1n) is 4.68. The second kappa shape index (κ2) is 5.44. The zero-order valence-electron chi connectivity index (χ0n) is 9.21. The minimum Gasteiger partial charge on any atom is -0.449 e. The van der Waals surface area contributed by atoms with Gasteiger partial charge in [-0.25, -0.2) is 4.79 Å². The first-order valence-corrected chi connectivity index (χ1v) is 5.06. The number of halogens is 1. The molecule has 0 saturated heterocycles. The average Bonchev–Trinajstić information content (AvgIpc) is 2.28. The monoisotopic (exact) mass is 259 g/mol. The molecule has 0 atom stereocenters. The third-order valence-electron chi connectivity index (χ3n) is 1.91. The molecule has 1 amide bonds. The molecule has 0 unspecified atom stereocenters. The van der Waals surface area contributed by atoms with Gasteiger partial charge in [0.1, 0.15) is 6.20 Å². The van der Waals surface area contributed by atoms with E-state index >= 15 is 0 Å². The number of nitrogens with zero attached hydrogens (tertiary/aromatic N) is 3. The maximum absolute atomic E-state index is 11.5. The quantitative estimate of drug-likeness (QED) is 0.614. The van der Waals surface area contributed by atoms with Crippen LogP contribution in [0.4, 0.5) is 16.3 Å². The lowest BCUT2D eigenvalue weighted by Crippen LogP contribution is -2.28. The average molecular weight is 260 g/mol. The molecule has 0 N–H and O–H groups in total. The fraction of sp³-hybridized carbons (Fsp3) is 0.333. The van der Waals surface area contributed by atoms with E-state index in [0.717, 1.165) is 4.90 Å². The summed E-state index contributed by atoms with van der Waals surface area (Å²) in [6, 6.07) is 1.36. The van der Waals surface area contributed by atoms with Crippen LogP contribution in [0.2, 0.25) is 5.02 Å². The number of carbonyl (C=O) groups excluding carboxylic acids is 1. The summed E-state index contributed by atoms with van der Waals surface area (Å²) in [5.41, 5.74) is -0.0855. The van der Waals surface area contributed by atoms with Crippen molar-refractivity contribution in [1.29, 1.82) is 0 Å². The molecule has 0 fully saturated rings. The molecule has 1 aromatic rings. The summed E-state index contributed by atoms with van der Waals surface area (Å²) >= 11 is 5.82. The van der Waals surface area contributed by atoms with Crippen LogP contribution in [0.15, 0.2) is 12.3 Å². The van der Waals surface area contributed by atoms with Gasteiger partial charge in [0, 0.05) is 13.1 Å². The van der Waals surface area contributed by atoms with Gasteiger partial charge in [0.15, 0.2) is 5.69 Å². The SMILES string of the molecule is CCOC(=O)N(C)c1c(Cl)ccnc1[N+](=O)[O-]. The van der Waals surface area contributed by atoms with Gasteiger partial charge < -0.3 is 14.9 Å². The van der Waals surface area contributed by atoms with E-state index in [0.29, 0.717) is 0 Å². The summed E-state index contributed by atoms with van der Waals surface area (Å²) < 4.78 is 4.73. The highest BCUT2D eigenvalue weighted by Gasteiger charge is 2.26. The van der Waals surface area contributed by atoms with Crippen LogP contribution >= 0.6 is 11.6 Å². The van der Waals surface area contributed by atoms with Crippen molar-refractivity contribution in [3.05, 3.63) is 27.4 Å². The Morgan fingerprint density at radius 3 is 2.88 bits per heavy atom. The number of ether oxygens (including phenoxy) is 1. The molecule has 0 bridgehead atoms. The van der Waals surface area contributed by atoms with E-state index in [2.05, 4.69) is 4.98 Å². The minimum atomic E-state index is -0.731. The summed E-state index contributed by atoms with van der Waals surface area (Å²) in [6.45, 7) is 1.79. The van der Waals surface area contributed by atoms with Gasteiger partial charge in [-0.2, -0.15) is 0 Å². The molecule has 0 aliphatic rings. The second-order valence-corrected chi connectivity index (χ2v) is 3.39. The van der Waals surface area contributed by atoms with Crippen molar-refractivity contribution in [2.45, 2.75) is 6.92 Å². The smallest absolute Gasteiger partial charge is 0.414 e. The number of amides is 1. The Morgan fingerprint density at radius 1 is 1.71 bits per heavy atom. The predicted molar refractivity (Wildman–Crippen MR) is 61.3 cm³/mol. The zero-order valence-corrected chi connectivity index (χ0v) is 9.97. The van der Waals surface area contributed by atoms with Crippen LogP contribution in [0, 0.1) is 10.1 Å². The van der Waals surface area contributed by atoms with Gasteiger partial charge in [-0.1, -0.05) is 11.6 Å². The van der Waals surface area contributed by atoms with Crippen LogP contribution in [-0.4, -0.2) is 29.7 Å². The van der Waals surface area contributed by atoms with Crippen molar-refractivity contribution >= 4 is 29.2 Å². The van der Waals surface area contributed by atoms with Crippen molar-refractivity contribution in [3.63, 3.8) is 0 Å². The summed E-state index contributed by atoms with van der Waals surface area (Å²) in [6.07, 6.45) is 0.466. The van der Waals surface area contributed by atoms with E-state index in [9.17, 15) is 14.9 Å². The van der Waals surface area contributed by atoms with Crippen molar-refractivity contribution in [3.8, 4) is 0 Å². The largest absolute Gasteiger partial charge is 0.449 e. The molecule has 92 valence electrons. The highest BCUT2D eigenvalue weighted by atomic mass is 35.5. The number of aromatic nitrogens is 1. The van der Waals surface area contributed by atoms with E-state index < -0.39 is 16.8 Å². The lowest BCUT2D eigenvalue weighted by atomic mass is 10.3. The Labute approximate surface area is 102 Å². The van der Waals surface area contributed by atoms with Crippen molar-refractivity contribution < 1.29 is 14.5 Å². The lowest BCUT2D eigenvalue weighted by molar-refractivity contribution is -0.388. The van der Waals surface area contributed by atoms with Gasteiger partial charge >= 0.3 is 11.9 Å².